The van der Waals surface area contributed by atoms with E-state index in [0.717, 1.165) is 31.7 Å². The van der Waals surface area contributed by atoms with E-state index in [1.165, 1.54) is 25.7 Å². The third kappa shape index (κ3) is 6.43. The molecule has 1 aliphatic carbocycles. The first-order chi connectivity index (χ1) is 11.1. The van der Waals surface area contributed by atoms with Gasteiger partial charge >= 0.3 is 0 Å². The number of pyridine rings is 1. The van der Waals surface area contributed by atoms with Gasteiger partial charge in [-0.1, -0.05) is 25.5 Å². The van der Waals surface area contributed by atoms with Crippen LogP contribution in [-0.2, 0) is 0 Å². The molecule has 4 heteroatoms. The zero-order valence-electron chi connectivity index (χ0n) is 14.4. The lowest BCUT2D eigenvalue weighted by Gasteiger charge is -2.13. The van der Waals surface area contributed by atoms with Crippen LogP contribution in [0.3, 0.4) is 0 Å². The lowest BCUT2D eigenvalue weighted by Crippen LogP contribution is -2.25. The summed E-state index contributed by atoms with van der Waals surface area (Å²) >= 11 is 0. The van der Waals surface area contributed by atoms with Crippen molar-refractivity contribution in [2.45, 2.75) is 52.4 Å². The second-order valence-electron chi connectivity index (χ2n) is 6.65. The van der Waals surface area contributed by atoms with Crippen molar-refractivity contribution in [3.63, 3.8) is 0 Å². The number of nitrogens with one attached hydrogen (secondary N) is 2. The van der Waals surface area contributed by atoms with E-state index in [-0.39, 0.29) is 5.91 Å². The van der Waals surface area contributed by atoms with Gasteiger partial charge in [-0.3, -0.25) is 4.79 Å². The van der Waals surface area contributed by atoms with Gasteiger partial charge in [0.2, 0.25) is 0 Å². The summed E-state index contributed by atoms with van der Waals surface area (Å²) in [5.74, 6) is 1.35. The molecule has 0 aliphatic heterocycles. The molecule has 2 rings (SSSR count). The summed E-state index contributed by atoms with van der Waals surface area (Å²) in [7, 11) is 0. The molecule has 23 heavy (non-hydrogen) atoms. The summed E-state index contributed by atoms with van der Waals surface area (Å²) < 4.78 is 0. The number of rotatable bonds is 8. The van der Waals surface area contributed by atoms with Gasteiger partial charge in [0.25, 0.3) is 5.91 Å². The predicted molar refractivity (Wildman–Crippen MR) is 95.7 cm³/mol. The molecule has 1 aromatic rings. The Morgan fingerprint density at radius 3 is 2.91 bits per heavy atom. The van der Waals surface area contributed by atoms with Crippen LogP contribution in [-0.4, -0.2) is 24.0 Å². The van der Waals surface area contributed by atoms with E-state index >= 15 is 0 Å². The molecule has 1 aromatic heterocycles. The highest BCUT2D eigenvalue weighted by Crippen LogP contribution is 2.20. The molecule has 0 spiro atoms. The highest BCUT2D eigenvalue weighted by molar-refractivity contribution is 5.94. The van der Waals surface area contributed by atoms with Crippen LogP contribution in [0.25, 0.3) is 0 Å². The standard InChI is InChI=1S/C19H29N3O/c1-15(2)8-11-22-19(23)17-10-13-21-18(14-17)20-12-9-16-6-4-3-5-7-16/h6,10,13-15H,3-5,7-9,11-12H2,1-2H3,(H,20,21)(H,22,23). The molecule has 4 nitrogen and oxygen atoms in total. The summed E-state index contributed by atoms with van der Waals surface area (Å²) in [5.41, 5.74) is 2.22. The largest absolute Gasteiger partial charge is 0.370 e. The van der Waals surface area contributed by atoms with Crippen LogP contribution in [0.5, 0.6) is 0 Å². The average Bonchev–Trinajstić information content (AvgIpc) is 2.56. The third-order valence-electron chi connectivity index (χ3n) is 4.17. The number of nitrogens with zero attached hydrogens (tertiary/aromatic N) is 1. The Labute approximate surface area is 139 Å². The van der Waals surface area contributed by atoms with Crippen molar-refractivity contribution in [1.29, 1.82) is 0 Å². The van der Waals surface area contributed by atoms with Gasteiger partial charge in [0.1, 0.15) is 5.82 Å². The molecule has 1 heterocycles. The van der Waals surface area contributed by atoms with Gasteiger partial charge in [-0.15, -0.1) is 0 Å². The molecule has 0 aromatic carbocycles. The van der Waals surface area contributed by atoms with Crippen LogP contribution in [0, 0.1) is 5.92 Å². The highest BCUT2D eigenvalue weighted by atomic mass is 16.1. The second-order valence-corrected chi connectivity index (χ2v) is 6.65. The van der Waals surface area contributed by atoms with Crippen LogP contribution in [0.4, 0.5) is 5.82 Å². The van der Waals surface area contributed by atoms with Crippen molar-refractivity contribution >= 4 is 11.7 Å². The fourth-order valence-corrected chi connectivity index (χ4v) is 2.73. The maximum atomic E-state index is 12.1. The molecule has 126 valence electrons. The van der Waals surface area contributed by atoms with E-state index in [1.54, 1.807) is 17.8 Å². The highest BCUT2D eigenvalue weighted by Gasteiger charge is 2.07. The first-order valence-corrected chi connectivity index (χ1v) is 8.81. The average molecular weight is 315 g/mol. The quantitative estimate of drug-likeness (QED) is 0.708. The number of amides is 1. The fraction of sp³-hybridized carbons (Fsp3) is 0.579. The van der Waals surface area contributed by atoms with Crippen LogP contribution >= 0.6 is 0 Å². The van der Waals surface area contributed by atoms with E-state index < -0.39 is 0 Å². The Morgan fingerprint density at radius 2 is 2.17 bits per heavy atom. The molecule has 2 N–H and O–H groups in total. The van der Waals surface area contributed by atoms with Crippen molar-refractivity contribution in [2.75, 3.05) is 18.4 Å². The Balaban J connectivity index is 1.79. The molecule has 0 atom stereocenters. The van der Waals surface area contributed by atoms with Crippen LogP contribution in [0.2, 0.25) is 0 Å². The van der Waals surface area contributed by atoms with Gasteiger partial charge in [-0.05, 0) is 56.6 Å². The second kappa shape index (κ2) is 9.33. The summed E-state index contributed by atoms with van der Waals surface area (Å²) in [6, 6.07) is 3.60. The van der Waals surface area contributed by atoms with Crippen molar-refractivity contribution in [3.05, 3.63) is 35.5 Å². The van der Waals surface area contributed by atoms with Crippen molar-refractivity contribution in [3.8, 4) is 0 Å². The van der Waals surface area contributed by atoms with Gasteiger partial charge in [0.15, 0.2) is 0 Å². The maximum Gasteiger partial charge on any atom is 0.251 e. The van der Waals surface area contributed by atoms with Gasteiger partial charge in [0, 0.05) is 24.8 Å². The summed E-state index contributed by atoms with van der Waals surface area (Å²) in [4.78, 5) is 16.4. The zero-order chi connectivity index (χ0) is 16.5. The number of hydrogen-bond acceptors (Lipinski definition) is 3. The van der Waals surface area contributed by atoms with E-state index in [9.17, 15) is 4.79 Å². The Hall–Kier alpha value is -1.84. The van der Waals surface area contributed by atoms with Crippen molar-refractivity contribution in [2.24, 2.45) is 5.92 Å². The van der Waals surface area contributed by atoms with Gasteiger partial charge in [-0.2, -0.15) is 0 Å². The summed E-state index contributed by atoms with van der Waals surface area (Å²) in [6.45, 7) is 5.90. The molecule has 0 radical (unpaired) electrons. The van der Waals surface area contributed by atoms with Crippen molar-refractivity contribution < 1.29 is 4.79 Å². The molecule has 0 fully saturated rings. The molecule has 0 saturated carbocycles. The van der Waals surface area contributed by atoms with Gasteiger partial charge < -0.3 is 10.6 Å². The number of allylic oxidation sites excluding steroid dienone is 1. The van der Waals surface area contributed by atoms with Crippen LogP contribution in [0.1, 0.15) is 62.7 Å². The lowest BCUT2D eigenvalue weighted by molar-refractivity contribution is 0.0952. The fourth-order valence-electron chi connectivity index (χ4n) is 2.73. The first-order valence-electron chi connectivity index (χ1n) is 8.81. The topological polar surface area (TPSA) is 54.0 Å². The number of aromatic nitrogens is 1. The molecular weight excluding hydrogens is 286 g/mol. The summed E-state index contributed by atoms with van der Waals surface area (Å²) in [6.07, 6.45) is 11.2. The minimum absolute atomic E-state index is 0.0221. The van der Waals surface area contributed by atoms with E-state index in [1.807, 2.05) is 6.07 Å². The number of anilines is 1. The molecule has 0 unspecified atom stereocenters. The Morgan fingerprint density at radius 1 is 1.30 bits per heavy atom. The van der Waals surface area contributed by atoms with Crippen LogP contribution in [0.15, 0.2) is 30.0 Å². The molecule has 1 amide bonds. The smallest absolute Gasteiger partial charge is 0.251 e. The normalized spacial score (nSPS) is 14.5. The van der Waals surface area contributed by atoms with E-state index in [0.29, 0.717) is 11.5 Å². The molecule has 0 saturated heterocycles. The Bertz CT molecular complexity index is 537. The minimum atomic E-state index is -0.0221. The van der Waals surface area contributed by atoms with Gasteiger partial charge in [0.05, 0.1) is 0 Å². The number of hydrogen-bond donors (Lipinski definition) is 2. The first kappa shape index (κ1) is 17.5. The van der Waals surface area contributed by atoms with Gasteiger partial charge in [-0.25, -0.2) is 4.98 Å². The molecule has 1 aliphatic rings. The summed E-state index contributed by atoms with van der Waals surface area (Å²) in [5, 5.41) is 6.29. The third-order valence-corrected chi connectivity index (χ3v) is 4.17. The predicted octanol–water partition coefficient (Wildman–Crippen LogP) is 4.16. The van der Waals surface area contributed by atoms with Crippen LogP contribution < -0.4 is 10.6 Å². The number of carbonyl (C=O) groups excluding carboxylic acids is 1. The zero-order valence-corrected chi connectivity index (χ0v) is 14.4. The van der Waals surface area contributed by atoms with E-state index in [2.05, 4.69) is 35.5 Å². The maximum absolute atomic E-state index is 12.1. The molecular formula is C19H29N3O. The van der Waals surface area contributed by atoms with Crippen molar-refractivity contribution in [1.82, 2.24) is 10.3 Å². The van der Waals surface area contributed by atoms with E-state index in [4.69, 9.17) is 0 Å². The SMILES string of the molecule is CC(C)CCNC(=O)c1ccnc(NCCC2=CCCCC2)c1. The number of carbonyl (C=O) groups is 1. The monoisotopic (exact) mass is 315 g/mol. The lowest BCUT2D eigenvalue weighted by atomic mass is 9.97. The molecule has 0 bridgehead atoms. The minimum Gasteiger partial charge on any atom is -0.370 e. The Kier molecular flexibility index (Phi) is 7.11.